The zero-order valence-corrected chi connectivity index (χ0v) is 12.6. The fourth-order valence-corrected chi connectivity index (χ4v) is 1.82. The summed E-state index contributed by atoms with van der Waals surface area (Å²) in [7, 11) is -0.376. The highest BCUT2D eigenvalue weighted by atomic mass is 16.7. The van der Waals surface area contributed by atoms with E-state index < -0.39 is 0 Å². The first-order valence-electron chi connectivity index (χ1n) is 6.86. The minimum atomic E-state index is -0.376. The summed E-state index contributed by atoms with van der Waals surface area (Å²) in [6.45, 7) is 8.71. The predicted molar refractivity (Wildman–Crippen MR) is 80.5 cm³/mol. The lowest BCUT2D eigenvalue weighted by Crippen LogP contribution is -2.41. The van der Waals surface area contributed by atoms with Gasteiger partial charge in [0, 0.05) is 24.6 Å². The topological polar surface area (TPSA) is 57.4 Å². The Hall–Kier alpha value is -1.35. The molecule has 4 nitrogen and oxygen atoms in total. The maximum Gasteiger partial charge on any atom is 0.496 e. The third kappa shape index (κ3) is 3.04. The van der Waals surface area contributed by atoms with Gasteiger partial charge >= 0.3 is 7.12 Å². The van der Waals surface area contributed by atoms with Crippen LogP contribution in [0.25, 0.3) is 0 Å². The maximum absolute atomic E-state index is 5.97. The molecule has 2 N–H and O–H groups in total. The zero-order chi connectivity index (χ0) is 14.8. The molecule has 0 saturated carbocycles. The molecule has 1 aromatic heterocycles. The standard InChI is InChI=1S/C15H21BN2O2/c1-14(2)15(3,4)20-16(19-14)12-8-9-13(18-11-12)7-5-6-10-17/h8-9,11H,6,10,17H2,1-4H3. The number of nitrogens with zero attached hydrogens (tertiary/aromatic N) is 1. The summed E-state index contributed by atoms with van der Waals surface area (Å²) < 4.78 is 11.9. The molecular weight excluding hydrogens is 251 g/mol. The second kappa shape index (κ2) is 5.57. The molecule has 2 rings (SSSR count). The largest absolute Gasteiger partial charge is 0.496 e. The molecule has 0 amide bonds. The fraction of sp³-hybridized carbons (Fsp3) is 0.533. The van der Waals surface area contributed by atoms with Gasteiger partial charge in [-0.1, -0.05) is 12.0 Å². The minimum absolute atomic E-state index is 0.336. The van der Waals surface area contributed by atoms with E-state index in [1.54, 1.807) is 6.20 Å². The number of rotatable bonds is 2. The van der Waals surface area contributed by atoms with Crippen LogP contribution in [0.5, 0.6) is 0 Å². The molecule has 0 atom stereocenters. The second-order valence-electron chi connectivity index (χ2n) is 5.91. The van der Waals surface area contributed by atoms with E-state index in [0.717, 1.165) is 11.2 Å². The fourth-order valence-electron chi connectivity index (χ4n) is 1.82. The summed E-state index contributed by atoms with van der Waals surface area (Å²) in [5.41, 5.74) is 6.37. The second-order valence-corrected chi connectivity index (χ2v) is 5.91. The first-order chi connectivity index (χ1) is 9.36. The van der Waals surface area contributed by atoms with Crippen LogP contribution in [-0.4, -0.2) is 29.8 Å². The van der Waals surface area contributed by atoms with Crippen LogP contribution in [0.15, 0.2) is 18.3 Å². The van der Waals surface area contributed by atoms with Crippen molar-refractivity contribution in [1.82, 2.24) is 4.98 Å². The number of hydrogen-bond acceptors (Lipinski definition) is 4. The first-order valence-corrected chi connectivity index (χ1v) is 6.86. The van der Waals surface area contributed by atoms with Gasteiger partial charge < -0.3 is 15.0 Å². The molecule has 1 fully saturated rings. The SMILES string of the molecule is CC1(C)OB(c2ccc(C#CCCN)nc2)OC1(C)C. The third-order valence-electron chi connectivity index (χ3n) is 3.80. The van der Waals surface area contributed by atoms with Crippen molar-refractivity contribution >= 4 is 12.6 Å². The Labute approximate surface area is 121 Å². The Balaban J connectivity index is 2.11. The van der Waals surface area contributed by atoms with Gasteiger partial charge in [-0.15, -0.1) is 0 Å². The number of hydrogen-bond donors (Lipinski definition) is 1. The Bertz CT molecular complexity index is 513. The molecule has 1 aliphatic heterocycles. The molecule has 0 unspecified atom stereocenters. The van der Waals surface area contributed by atoms with E-state index >= 15 is 0 Å². The van der Waals surface area contributed by atoms with Gasteiger partial charge in [-0.05, 0) is 39.7 Å². The van der Waals surface area contributed by atoms with Crippen molar-refractivity contribution in [2.24, 2.45) is 5.73 Å². The number of aromatic nitrogens is 1. The van der Waals surface area contributed by atoms with Crippen LogP contribution in [0.4, 0.5) is 0 Å². The monoisotopic (exact) mass is 272 g/mol. The molecule has 1 aromatic rings. The van der Waals surface area contributed by atoms with Crippen LogP contribution in [0.1, 0.15) is 39.8 Å². The van der Waals surface area contributed by atoms with Crippen molar-refractivity contribution < 1.29 is 9.31 Å². The van der Waals surface area contributed by atoms with Gasteiger partial charge in [-0.25, -0.2) is 4.98 Å². The molecule has 5 heteroatoms. The van der Waals surface area contributed by atoms with Gasteiger partial charge in [-0.2, -0.15) is 0 Å². The summed E-state index contributed by atoms with van der Waals surface area (Å²) in [4.78, 5) is 4.32. The van der Waals surface area contributed by atoms with Gasteiger partial charge in [-0.3, -0.25) is 0 Å². The van der Waals surface area contributed by atoms with Gasteiger partial charge in [0.15, 0.2) is 0 Å². The lowest BCUT2D eigenvalue weighted by molar-refractivity contribution is 0.00578. The van der Waals surface area contributed by atoms with E-state index in [9.17, 15) is 0 Å². The Morgan fingerprint density at radius 1 is 1.20 bits per heavy atom. The molecule has 2 heterocycles. The van der Waals surface area contributed by atoms with E-state index in [1.165, 1.54) is 0 Å². The average molecular weight is 272 g/mol. The van der Waals surface area contributed by atoms with E-state index in [2.05, 4.69) is 16.8 Å². The van der Waals surface area contributed by atoms with Crippen molar-refractivity contribution in [1.29, 1.82) is 0 Å². The van der Waals surface area contributed by atoms with Crippen molar-refractivity contribution in [2.45, 2.75) is 45.3 Å². The van der Waals surface area contributed by atoms with Gasteiger partial charge in [0.1, 0.15) is 5.69 Å². The van der Waals surface area contributed by atoms with Gasteiger partial charge in [0.05, 0.1) is 11.2 Å². The normalized spacial score (nSPS) is 19.6. The average Bonchev–Trinajstić information content (AvgIpc) is 2.60. The molecular formula is C15H21BN2O2. The van der Waals surface area contributed by atoms with Crippen LogP contribution in [0.2, 0.25) is 0 Å². The van der Waals surface area contributed by atoms with E-state index in [1.807, 2.05) is 39.8 Å². The summed E-state index contributed by atoms with van der Waals surface area (Å²) in [6.07, 6.45) is 2.44. The highest BCUT2D eigenvalue weighted by Gasteiger charge is 2.51. The van der Waals surface area contributed by atoms with Crippen molar-refractivity contribution in [3.05, 3.63) is 24.0 Å². The molecule has 0 aromatic carbocycles. The summed E-state index contributed by atoms with van der Waals surface area (Å²) in [5, 5.41) is 0. The van der Waals surface area contributed by atoms with Crippen LogP contribution in [0.3, 0.4) is 0 Å². The van der Waals surface area contributed by atoms with Crippen molar-refractivity contribution in [3.8, 4) is 11.8 Å². The molecule has 0 aliphatic carbocycles. The van der Waals surface area contributed by atoms with Crippen molar-refractivity contribution in [3.63, 3.8) is 0 Å². The van der Waals surface area contributed by atoms with Crippen LogP contribution in [-0.2, 0) is 9.31 Å². The molecule has 0 spiro atoms. The maximum atomic E-state index is 5.97. The highest BCUT2D eigenvalue weighted by Crippen LogP contribution is 2.36. The molecule has 106 valence electrons. The lowest BCUT2D eigenvalue weighted by Gasteiger charge is -2.32. The lowest BCUT2D eigenvalue weighted by atomic mass is 9.80. The van der Waals surface area contributed by atoms with E-state index in [4.69, 9.17) is 15.0 Å². The molecule has 1 saturated heterocycles. The molecule has 1 aliphatic rings. The highest BCUT2D eigenvalue weighted by molar-refractivity contribution is 6.62. The Morgan fingerprint density at radius 3 is 2.35 bits per heavy atom. The molecule has 20 heavy (non-hydrogen) atoms. The quantitative estimate of drug-likeness (QED) is 0.646. The van der Waals surface area contributed by atoms with E-state index in [-0.39, 0.29) is 18.3 Å². The molecule has 0 radical (unpaired) electrons. The van der Waals surface area contributed by atoms with Crippen LogP contribution >= 0.6 is 0 Å². The predicted octanol–water partition coefficient (Wildman–Crippen LogP) is 1.08. The zero-order valence-electron chi connectivity index (χ0n) is 12.6. The van der Waals surface area contributed by atoms with Gasteiger partial charge in [0.2, 0.25) is 0 Å². The smallest absolute Gasteiger partial charge is 0.399 e. The van der Waals surface area contributed by atoms with Crippen LogP contribution < -0.4 is 11.2 Å². The summed E-state index contributed by atoms with van der Waals surface area (Å²) >= 11 is 0. The Kier molecular flexibility index (Phi) is 4.19. The van der Waals surface area contributed by atoms with Crippen molar-refractivity contribution in [2.75, 3.05) is 6.54 Å². The number of nitrogens with two attached hydrogens (primary N) is 1. The van der Waals surface area contributed by atoms with Crippen LogP contribution in [0, 0.1) is 11.8 Å². The molecule has 0 bridgehead atoms. The Morgan fingerprint density at radius 2 is 1.85 bits per heavy atom. The third-order valence-corrected chi connectivity index (χ3v) is 3.80. The summed E-state index contributed by atoms with van der Waals surface area (Å²) in [6, 6.07) is 3.82. The number of pyridine rings is 1. The first kappa shape index (κ1) is 15.1. The van der Waals surface area contributed by atoms with E-state index in [0.29, 0.717) is 13.0 Å². The minimum Gasteiger partial charge on any atom is -0.399 e. The van der Waals surface area contributed by atoms with Gasteiger partial charge in [0.25, 0.3) is 0 Å². The summed E-state index contributed by atoms with van der Waals surface area (Å²) in [5.74, 6) is 5.94.